The maximum atomic E-state index is 13.0. The van der Waals surface area contributed by atoms with E-state index in [1.807, 2.05) is 53.2 Å². The summed E-state index contributed by atoms with van der Waals surface area (Å²) in [4.78, 5) is 27.6. The van der Waals surface area contributed by atoms with Crippen LogP contribution in [-0.2, 0) is 4.79 Å². The SMILES string of the molecule is CN(CC(=O)O)C1CCCN(C(=O)c2occc2-c2ccccc2)CC1. The summed E-state index contributed by atoms with van der Waals surface area (Å²) in [5.41, 5.74) is 1.76. The fraction of sp³-hybridized carbons (Fsp3) is 0.400. The zero-order valence-corrected chi connectivity index (χ0v) is 14.9. The van der Waals surface area contributed by atoms with Crippen LogP contribution in [0.2, 0.25) is 0 Å². The Bertz CT molecular complexity index is 756. The van der Waals surface area contributed by atoms with Crippen LogP contribution < -0.4 is 0 Å². The molecule has 1 atom stereocenters. The molecule has 0 saturated carbocycles. The number of carboxylic acids is 1. The lowest BCUT2D eigenvalue weighted by Gasteiger charge is -2.25. The first kappa shape index (κ1) is 18.2. The zero-order valence-electron chi connectivity index (χ0n) is 14.9. The van der Waals surface area contributed by atoms with E-state index in [0.717, 1.165) is 30.4 Å². The molecule has 2 aromatic rings. The van der Waals surface area contributed by atoms with Gasteiger partial charge in [-0.15, -0.1) is 0 Å². The Morgan fingerprint density at radius 3 is 2.69 bits per heavy atom. The molecule has 138 valence electrons. The van der Waals surface area contributed by atoms with Crippen LogP contribution >= 0.6 is 0 Å². The highest BCUT2D eigenvalue weighted by Gasteiger charge is 2.27. The summed E-state index contributed by atoms with van der Waals surface area (Å²) in [5.74, 6) is -0.559. The molecule has 3 rings (SSSR count). The van der Waals surface area contributed by atoms with Gasteiger partial charge in [0.05, 0.1) is 12.8 Å². The molecule has 1 saturated heterocycles. The molecule has 0 aliphatic carbocycles. The molecule has 6 heteroatoms. The number of likely N-dealkylation sites (tertiary alicyclic amines) is 1. The summed E-state index contributed by atoms with van der Waals surface area (Å²) in [6.07, 6.45) is 4.05. The van der Waals surface area contributed by atoms with Crippen molar-refractivity contribution in [3.8, 4) is 11.1 Å². The van der Waals surface area contributed by atoms with Gasteiger partial charge in [-0.25, -0.2) is 0 Å². The number of furan rings is 1. The number of nitrogens with zero attached hydrogens (tertiary/aromatic N) is 2. The number of benzene rings is 1. The Hall–Kier alpha value is -2.60. The molecule has 1 aromatic heterocycles. The van der Waals surface area contributed by atoms with E-state index < -0.39 is 5.97 Å². The Morgan fingerprint density at radius 1 is 1.19 bits per heavy atom. The molecule has 26 heavy (non-hydrogen) atoms. The van der Waals surface area contributed by atoms with Crippen LogP contribution in [0.15, 0.2) is 47.1 Å². The highest BCUT2D eigenvalue weighted by molar-refractivity contribution is 5.98. The van der Waals surface area contributed by atoms with Gasteiger partial charge in [0, 0.05) is 24.7 Å². The third-order valence-electron chi connectivity index (χ3n) is 4.94. The van der Waals surface area contributed by atoms with Crippen LogP contribution in [0.4, 0.5) is 0 Å². The number of carbonyl (C=O) groups is 2. The summed E-state index contributed by atoms with van der Waals surface area (Å²) in [7, 11) is 1.83. The molecule has 1 fully saturated rings. The number of hydrogen-bond donors (Lipinski definition) is 1. The smallest absolute Gasteiger partial charge is 0.317 e. The van der Waals surface area contributed by atoms with Crippen LogP contribution in [0.1, 0.15) is 29.8 Å². The van der Waals surface area contributed by atoms with Crippen molar-refractivity contribution in [3.05, 3.63) is 48.4 Å². The van der Waals surface area contributed by atoms with Crippen LogP contribution in [0.25, 0.3) is 11.1 Å². The first-order valence-electron chi connectivity index (χ1n) is 8.90. The average Bonchev–Trinajstić information content (AvgIpc) is 2.98. The number of likely N-dealkylation sites (N-methyl/N-ethyl adjacent to an activating group) is 1. The van der Waals surface area contributed by atoms with Crippen molar-refractivity contribution in [2.24, 2.45) is 0 Å². The number of carboxylic acid groups (broad SMARTS) is 1. The molecular weight excluding hydrogens is 332 g/mol. The molecule has 1 unspecified atom stereocenters. The number of aliphatic carboxylic acids is 1. The lowest BCUT2D eigenvalue weighted by atomic mass is 10.1. The van der Waals surface area contributed by atoms with Gasteiger partial charge in [0.1, 0.15) is 0 Å². The summed E-state index contributed by atoms with van der Waals surface area (Å²) in [6, 6.07) is 11.7. The predicted molar refractivity (Wildman–Crippen MR) is 98.0 cm³/mol. The second-order valence-electron chi connectivity index (χ2n) is 6.72. The number of hydrogen-bond acceptors (Lipinski definition) is 4. The van der Waals surface area contributed by atoms with Crippen molar-refractivity contribution >= 4 is 11.9 Å². The first-order valence-corrected chi connectivity index (χ1v) is 8.90. The Kier molecular flexibility index (Phi) is 5.73. The van der Waals surface area contributed by atoms with Crippen molar-refractivity contribution in [2.75, 3.05) is 26.7 Å². The van der Waals surface area contributed by atoms with Crippen LogP contribution in [0.3, 0.4) is 0 Å². The van der Waals surface area contributed by atoms with Crippen molar-refractivity contribution in [3.63, 3.8) is 0 Å². The first-order chi connectivity index (χ1) is 12.6. The van der Waals surface area contributed by atoms with Crippen molar-refractivity contribution in [1.82, 2.24) is 9.80 Å². The molecule has 1 aromatic carbocycles. The van der Waals surface area contributed by atoms with Crippen LogP contribution in [0.5, 0.6) is 0 Å². The fourth-order valence-corrected chi connectivity index (χ4v) is 3.53. The minimum absolute atomic E-state index is 0.0228. The molecule has 0 radical (unpaired) electrons. The van der Waals surface area contributed by atoms with Crippen molar-refractivity contribution in [1.29, 1.82) is 0 Å². The molecule has 0 spiro atoms. The summed E-state index contributed by atoms with van der Waals surface area (Å²) < 4.78 is 5.52. The highest BCUT2D eigenvalue weighted by Crippen LogP contribution is 2.27. The van der Waals surface area contributed by atoms with E-state index in [9.17, 15) is 9.59 Å². The van der Waals surface area contributed by atoms with E-state index in [1.165, 1.54) is 0 Å². The van der Waals surface area contributed by atoms with E-state index >= 15 is 0 Å². The lowest BCUT2D eigenvalue weighted by Crippen LogP contribution is -2.37. The largest absolute Gasteiger partial charge is 0.480 e. The fourth-order valence-electron chi connectivity index (χ4n) is 3.53. The monoisotopic (exact) mass is 356 g/mol. The van der Waals surface area contributed by atoms with Crippen LogP contribution in [0, 0.1) is 0 Å². The minimum Gasteiger partial charge on any atom is -0.480 e. The second-order valence-corrected chi connectivity index (χ2v) is 6.72. The van der Waals surface area contributed by atoms with E-state index in [4.69, 9.17) is 9.52 Å². The predicted octanol–water partition coefficient (Wildman–Crippen LogP) is 2.96. The summed E-state index contributed by atoms with van der Waals surface area (Å²) in [6.45, 7) is 1.28. The maximum Gasteiger partial charge on any atom is 0.317 e. The van der Waals surface area contributed by atoms with Gasteiger partial charge in [-0.05, 0) is 37.9 Å². The lowest BCUT2D eigenvalue weighted by molar-refractivity contribution is -0.138. The van der Waals surface area contributed by atoms with Gasteiger partial charge in [-0.3, -0.25) is 14.5 Å². The van der Waals surface area contributed by atoms with Gasteiger partial charge in [-0.2, -0.15) is 0 Å². The molecule has 2 heterocycles. The van der Waals surface area contributed by atoms with E-state index in [1.54, 1.807) is 6.26 Å². The highest BCUT2D eigenvalue weighted by atomic mass is 16.4. The molecule has 1 aliphatic rings. The van der Waals surface area contributed by atoms with Crippen LogP contribution in [-0.4, -0.2) is 59.5 Å². The topological polar surface area (TPSA) is 74.0 Å². The van der Waals surface area contributed by atoms with Gasteiger partial charge in [-0.1, -0.05) is 30.3 Å². The summed E-state index contributed by atoms with van der Waals surface area (Å²) in [5, 5.41) is 8.97. The summed E-state index contributed by atoms with van der Waals surface area (Å²) >= 11 is 0. The van der Waals surface area contributed by atoms with Gasteiger partial charge in [0.25, 0.3) is 5.91 Å². The number of rotatable bonds is 5. The van der Waals surface area contributed by atoms with E-state index in [0.29, 0.717) is 18.8 Å². The molecular formula is C20H24N2O4. The van der Waals surface area contributed by atoms with Gasteiger partial charge in [0.15, 0.2) is 5.76 Å². The number of carbonyl (C=O) groups excluding carboxylic acids is 1. The van der Waals surface area contributed by atoms with Crippen molar-refractivity contribution in [2.45, 2.75) is 25.3 Å². The average molecular weight is 356 g/mol. The van der Waals surface area contributed by atoms with Gasteiger partial charge < -0.3 is 14.4 Å². The molecule has 6 nitrogen and oxygen atoms in total. The maximum absolute atomic E-state index is 13.0. The minimum atomic E-state index is -0.826. The van der Waals surface area contributed by atoms with Crippen molar-refractivity contribution < 1.29 is 19.1 Å². The third kappa shape index (κ3) is 4.14. The molecule has 0 bridgehead atoms. The number of amides is 1. The van der Waals surface area contributed by atoms with E-state index in [2.05, 4.69) is 0 Å². The molecule has 1 amide bonds. The Balaban J connectivity index is 1.70. The molecule has 1 aliphatic heterocycles. The third-order valence-corrected chi connectivity index (χ3v) is 4.94. The van der Waals surface area contributed by atoms with Gasteiger partial charge >= 0.3 is 5.97 Å². The van der Waals surface area contributed by atoms with E-state index in [-0.39, 0.29) is 18.5 Å². The van der Waals surface area contributed by atoms with Gasteiger partial charge in [0.2, 0.25) is 0 Å². The Morgan fingerprint density at radius 2 is 1.96 bits per heavy atom. The quantitative estimate of drug-likeness (QED) is 0.892. The normalized spacial score (nSPS) is 17.9. The standard InChI is InChI=1S/C20H24N2O4/c1-21(14-18(23)24)16-8-5-11-22(12-9-16)20(25)19-17(10-13-26-19)15-6-3-2-4-7-15/h2-4,6-7,10,13,16H,5,8-9,11-12,14H2,1H3,(H,23,24). The zero-order chi connectivity index (χ0) is 18.5. The Labute approximate surface area is 153 Å². The second kappa shape index (κ2) is 8.19. The molecule has 1 N–H and O–H groups in total.